The molecule has 2 N–H and O–H groups in total. The number of nitrogens with one attached hydrogen (secondary N) is 1. The van der Waals surface area contributed by atoms with Crippen LogP contribution in [0.4, 0.5) is 0 Å². The maximum Gasteiger partial charge on any atom is 0.338 e. The lowest BCUT2D eigenvalue weighted by Crippen LogP contribution is -2.24. The molecule has 1 aliphatic rings. The molecule has 32 heavy (non-hydrogen) atoms. The zero-order chi connectivity index (χ0) is 22.8. The van der Waals surface area contributed by atoms with E-state index in [0.29, 0.717) is 30.0 Å². The number of aliphatic hydroxyl groups is 1. The molecule has 4 rings (SSSR count). The van der Waals surface area contributed by atoms with Crippen molar-refractivity contribution in [3.05, 3.63) is 92.0 Å². The number of carbonyl (C=O) groups excluding carboxylic acids is 1. The average Bonchev–Trinajstić information content (AvgIpc) is 3.16. The van der Waals surface area contributed by atoms with Crippen LogP contribution >= 0.6 is 0 Å². The summed E-state index contributed by atoms with van der Waals surface area (Å²) in [5.41, 5.74) is 4.81. The molecule has 1 aliphatic heterocycles. The first-order valence-electron chi connectivity index (χ1n) is 10.2. The highest BCUT2D eigenvalue weighted by Crippen LogP contribution is 2.28. The first-order valence-corrected chi connectivity index (χ1v) is 10.2. The van der Waals surface area contributed by atoms with E-state index in [2.05, 4.69) is 16.4 Å². The van der Waals surface area contributed by atoms with Gasteiger partial charge >= 0.3 is 5.97 Å². The molecule has 0 amide bonds. The third-order valence-corrected chi connectivity index (χ3v) is 5.67. The Labute approximate surface area is 184 Å². The van der Waals surface area contributed by atoms with Crippen LogP contribution in [0.25, 0.3) is 5.82 Å². The molecule has 0 spiro atoms. The van der Waals surface area contributed by atoms with E-state index in [1.165, 1.54) is 16.8 Å². The van der Waals surface area contributed by atoms with Gasteiger partial charge in [0.05, 0.1) is 17.2 Å². The fourth-order valence-electron chi connectivity index (χ4n) is 3.80. The SMILES string of the molecule is Cc1cc(-n2cc(CNCC(O)c3ccc4c(c3C)COC4=O)ccc2=O)ncc1C#N. The molecule has 0 saturated carbocycles. The van der Waals surface area contributed by atoms with Crippen molar-refractivity contribution in [1.29, 1.82) is 5.26 Å². The Morgan fingerprint density at radius 1 is 1.28 bits per heavy atom. The normalized spacial score (nSPS) is 13.4. The fourth-order valence-corrected chi connectivity index (χ4v) is 3.80. The maximum atomic E-state index is 12.3. The Bertz CT molecular complexity index is 1310. The van der Waals surface area contributed by atoms with Crippen LogP contribution in [0.2, 0.25) is 0 Å². The second kappa shape index (κ2) is 8.75. The van der Waals surface area contributed by atoms with Gasteiger partial charge in [-0.05, 0) is 48.2 Å². The van der Waals surface area contributed by atoms with Crippen LogP contribution in [0.1, 0.15) is 49.8 Å². The largest absolute Gasteiger partial charge is 0.457 e. The number of cyclic esters (lactones) is 1. The molecular formula is C24H22N4O4. The molecule has 0 aliphatic carbocycles. The highest BCUT2D eigenvalue weighted by atomic mass is 16.5. The molecule has 8 nitrogen and oxygen atoms in total. The van der Waals surface area contributed by atoms with Crippen molar-refractivity contribution in [3.63, 3.8) is 0 Å². The second-order valence-corrected chi connectivity index (χ2v) is 7.74. The summed E-state index contributed by atoms with van der Waals surface area (Å²) in [7, 11) is 0. The van der Waals surface area contributed by atoms with E-state index in [9.17, 15) is 14.7 Å². The molecule has 1 atom stereocenters. The molecule has 3 aromatic rings. The molecule has 2 aromatic heterocycles. The van der Waals surface area contributed by atoms with Gasteiger partial charge in [0.1, 0.15) is 18.5 Å². The molecule has 162 valence electrons. The monoisotopic (exact) mass is 430 g/mol. The minimum atomic E-state index is -0.759. The molecule has 0 fully saturated rings. The number of aryl methyl sites for hydroxylation is 1. The standard InChI is InChI=1S/C24H22N4O4/c1-14-7-22(27-10-17(14)8-25)28-12-16(3-6-23(28)30)9-26-11-21(29)18-4-5-19-20(15(18)2)13-32-24(19)31/h3-7,10,12,21,26,29H,9,11,13H2,1-2H3. The van der Waals surface area contributed by atoms with Crippen molar-refractivity contribution in [2.24, 2.45) is 0 Å². The molecule has 8 heteroatoms. The number of hydrogen-bond donors (Lipinski definition) is 2. The van der Waals surface area contributed by atoms with Crippen molar-refractivity contribution in [3.8, 4) is 11.9 Å². The van der Waals surface area contributed by atoms with Crippen molar-refractivity contribution in [1.82, 2.24) is 14.9 Å². The third-order valence-electron chi connectivity index (χ3n) is 5.67. The number of aliphatic hydroxyl groups excluding tert-OH is 1. The number of ether oxygens (including phenoxy) is 1. The first-order chi connectivity index (χ1) is 15.4. The molecule has 1 unspecified atom stereocenters. The minimum Gasteiger partial charge on any atom is -0.457 e. The number of rotatable bonds is 6. The van der Waals surface area contributed by atoms with Gasteiger partial charge in [0.15, 0.2) is 0 Å². The Morgan fingerprint density at radius 2 is 2.09 bits per heavy atom. The second-order valence-electron chi connectivity index (χ2n) is 7.74. The highest BCUT2D eigenvalue weighted by Gasteiger charge is 2.25. The molecule has 0 radical (unpaired) electrons. The summed E-state index contributed by atoms with van der Waals surface area (Å²) in [6.07, 6.45) is 2.39. The van der Waals surface area contributed by atoms with Gasteiger partial charge in [-0.2, -0.15) is 5.26 Å². The maximum absolute atomic E-state index is 12.3. The summed E-state index contributed by atoms with van der Waals surface area (Å²) in [6.45, 7) is 4.63. The molecule has 1 aromatic carbocycles. The number of fused-ring (bicyclic) bond motifs is 1. The fraction of sp³-hybridized carbons (Fsp3) is 0.250. The van der Waals surface area contributed by atoms with E-state index in [-0.39, 0.29) is 18.1 Å². The van der Waals surface area contributed by atoms with E-state index < -0.39 is 6.10 Å². The molecule has 3 heterocycles. The zero-order valence-corrected chi connectivity index (χ0v) is 17.8. The van der Waals surface area contributed by atoms with Gasteiger partial charge in [0.25, 0.3) is 5.56 Å². The van der Waals surface area contributed by atoms with Crippen LogP contribution in [0.5, 0.6) is 0 Å². The Kier molecular flexibility index (Phi) is 5.86. The Hall–Kier alpha value is -3.80. The van der Waals surface area contributed by atoms with Crippen LogP contribution in [-0.4, -0.2) is 27.2 Å². The quantitative estimate of drug-likeness (QED) is 0.576. The number of benzene rings is 1. The van der Waals surface area contributed by atoms with Crippen molar-refractivity contribution >= 4 is 5.97 Å². The predicted octanol–water partition coefficient (Wildman–Crippen LogP) is 2.21. The summed E-state index contributed by atoms with van der Waals surface area (Å²) < 4.78 is 6.50. The summed E-state index contributed by atoms with van der Waals surface area (Å²) in [5, 5.41) is 22.9. The summed E-state index contributed by atoms with van der Waals surface area (Å²) >= 11 is 0. The van der Waals surface area contributed by atoms with E-state index >= 15 is 0 Å². The summed E-state index contributed by atoms with van der Waals surface area (Å²) in [5.74, 6) is 0.114. The predicted molar refractivity (Wildman–Crippen MR) is 116 cm³/mol. The van der Waals surface area contributed by atoms with Crippen LogP contribution in [0.15, 0.2) is 47.5 Å². The zero-order valence-electron chi connectivity index (χ0n) is 17.8. The van der Waals surface area contributed by atoms with Crippen LogP contribution in [-0.2, 0) is 17.9 Å². The summed E-state index contributed by atoms with van der Waals surface area (Å²) in [4.78, 5) is 28.2. The van der Waals surface area contributed by atoms with Crippen LogP contribution in [0.3, 0.4) is 0 Å². The number of nitriles is 1. The summed E-state index contributed by atoms with van der Waals surface area (Å²) in [6, 6.07) is 10.4. The van der Waals surface area contributed by atoms with Crippen molar-refractivity contribution < 1.29 is 14.6 Å². The number of nitrogens with zero attached hydrogens (tertiary/aromatic N) is 3. The van der Waals surface area contributed by atoms with Crippen molar-refractivity contribution in [2.45, 2.75) is 33.1 Å². The Morgan fingerprint density at radius 3 is 2.84 bits per heavy atom. The van der Waals surface area contributed by atoms with Gasteiger partial charge in [0.2, 0.25) is 0 Å². The number of carbonyl (C=O) groups is 1. The molecule has 0 bridgehead atoms. The smallest absolute Gasteiger partial charge is 0.338 e. The minimum absolute atomic E-state index is 0.226. The van der Waals surface area contributed by atoms with E-state index in [4.69, 9.17) is 10.00 Å². The van der Waals surface area contributed by atoms with E-state index in [1.807, 2.05) is 6.92 Å². The van der Waals surface area contributed by atoms with Crippen LogP contribution < -0.4 is 10.9 Å². The van der Waals surface area contributed by atoms with Gasteiger partial charge in [-0.25, -0.2) is 9.78 Å². The topological polar surface area (TPSA) is 117 Å². The molecular weight excluding hydrogens is 408 g/mol. The van der Waals surface area contributed by atoms with Gasteiger partial charge in [-0.3, -0.25) is 9.36 Å². The lowest BCUT2D eigenvalue weighted by atomic mass is 9.95. The van der Waals surface area contributed by atoms with Gasteiger partial charge in [-0.15, -0.1) is 0 Å². The van der Waals surface area contributed by atoms with Gasteiger partial charge in [0, 0.05) is 37.1 Å². The number of esters is 1. The van der Waals surface area contributed by atoms with Crippen molar-refractivity contribution in [2.75, 3.05) is 6.54 Å². The van der Waals surface area contributed by atoms with E-state index in [0.717, 1.165) is 27.8 Å². The molecule has 0 saturated heterocycles. The lowest BCUT2D eigenvalue weighted by molar-refractivity contribution is 0.0535. The number of aromatic nitrogens is 2. The first kappa shape index (κ1) is 21.4. The number of pyridine rings is 2. The van der Waals surface area contributed by atoms with E-state index in [1.54, 1.807) is 37.4 Å². The number of hydrogen-bond acceptors (Lipinski definition) is 7. The van der Waals surface area contributed by atoms with Gasteiger partial charge < -0.3 is 15.2 Å². The average molecular weight is 430 g/mol. The van der Waals surface area contributed by atoms with Gasteiger partial charge in [-0.1, -0.05) is 12.1 Å². The Balaban J connectivity index is 1.46. The van der Waals surface area contributed by atoms with Crippen LogP contribution in [0, 0.1) is 25.2 Å². The third kappa shape index (κ3) is 4.04. The lowest BCUT2D eigenvalue weighted by Gasteiger charge is -2.16. The highest BCUT2D eigenvalue weighted by molar-refractivity contribution is 5.93.